The van der Waals surface area contributed by atoms with E-state index in [0.717, 1.165) is 49.2 Å². The molecule has 120 valence electrons. The van der Waals surface area contributed by atoms with Gasteiger partial charge in [0, 0.05) is 30.9 Å². The van der Waals surface area contributed by atoms with Crippen molar-refractivity contribution in [1.82, 2.24) is 4.90 Å². The molecular weight excluding hydrogens is 278 g/mol. The third-order valence-electron chi connectivity index (χ3n) is 3.89. The minimum Gasteiger partial charge on any atom is -0.328 e. The molecule has 5 heteroatoms. The summed E-state index contributed by atoms with van der Waals surface area (Å²) in [4.78, 5) is 25.6. The monoisotopic (exact) mass is 303 g/mol. The van der Waals surface area contributed by atoms with Crippen LogP contribution in [0.15, 0.2) is 18.2 Å². The van der Waals surface area contributed by atoms with Gasteiger partial charge in [0.25, 0.3) is 0 Å². The summed E-state index contributed by atoms with van der Waals surface area (Å²) in [6, 6.07) is 5.47. The summed E-state index contributed by atoms with van der Waals surface area (Å²) in [6.45, 7) is 4.77. The van der Waals surface area contributed by atoms with Crippen LogP contribution in [-0.2, 0) is 4.79 Å². The van der Waals surface area contributed by atoms with Crippen molar-refractivity contribution in [3.8, 4) is 0 Å². The molecule has 1 saturated carbocycles. The van der Waals surface area contributed by atoms with Crippen molar-refractivity contribution < 1.29 is 9.59 Å². The second-order valence-corrected chi connectivity index (χ2v) is 6.00. The Morgan fingerprint density at radius 1 is 1.27 bits per heavy atom. The summed E-state index contributed by atoms with van der Waals surface area (Å²) in [5.41, 5.74) is 2.44. The van der Waals surface area contributed by atoms with Gasteiger partial charge in [-0.2, -0.15) is 0 Å². The minimum absolute atomic E-state index is 0.0705. The molecule has 0 bridgehead atoms. The van der Waals surface area contributed by atoms with Gasteiger partial charge in [-0.25, -0.2) is 4.79 Å². The molecule has 0 saturated heterocycles. The first-order valence-electron chi connectivity index (χ1n) is 7.95. The molecule has 3 amide bonds. The normalized spacial score (nSPS) is 13.6. The van der Waals surface area contributed by atoms with Crippen LogP contribution < -0.4 is 10.6 Å². The average Bonchev–Trinajstić information content (AvgIpc) is 3.32. The van der Waals surface area contributed by atoms with Crippen LogP contribution in [0, 0.1) is 12.8 Å². The lowest BCUT2D eigenvalue weighted by atomic mass is 10.1. The summed E-state index contributed by atoms with van der Waals surface area (Å²) in [6.07, 6.45) is 3.99. The topological polar surface area (TPSA) is 61.4 Å². The molecule has 0 heterocycles. The van der Waals surface area contributed by atoms with Crippen LogP contribution in [0.2, 0.25) is 0 Å². The smallest absolute Gasteiger partial charge is 0.321 e. The summed E-state index contributed by atoms with van der Waals surface area (Å²) in [7, 11) is 1.79. The van der Waals surface area contributed by atoms with Crippen LogP contribution in [-0.4, -0.2) is 30.4 Å². The number of amides is 3. The maximum Gasteiger partial charge on any atom is 0.321 e. The number of hydrogen-bond acceptors (Lipinski definition) is 2. The van der Waals surface area contributed by atoms with Crippen molar-refractivity contribution in [2.24, 2.45) is 5.92 Å². The van der Waals surface area contributed by atoms with Crippen molar-refractivity contribution in [2.75, 3.05) is 24.2 Å². The van der Waals surface area contributed by atoms with Gasteiger partial charge < -0.3 is 15.5 Å². The molecule has 5 nitrogen and oxygen atoms in total. The SMILES string of the molecule is CCCCN(C)C(=O)Nc1cc(NC(=O)C2CC2)ccc1C. The van der Waals surface area contributed by atoms with Crippen molar-refractivity contribution in [1.29, 1.82) is 0 Å². The molecule has 1 aromatic carbocycles. The Morgan fingerprint density at radius 3 is 2.64 bits per heavy atom. The first-order valence-corrected chi connectivity index (χ1v) is 7.95. The summed E-state index contributed by atoms with van der Waals surface area (Å²) in [5.74, 6) is 0.237. The number of nitrogens with zero attached hydrogens (tertiary/aromatic N) is 1. The molecule has 22 heavy (non-hydrogen) atoms. The van der Waals surface area contributed by atoms with Gasteiger partial charge in [0.2, 0.25) is 5.91 Å². The van der Waals surface area contributed by atoms with E-state index in [1.54, 1.807) is 11.9 Å². The largest absolute Gasteiger partial charge is 0.328 e. The number of benzene rings is 1. The Morgan fingerprint density at radius 2 is 2.00 bits per heavy atom. The lowest BCUT2D eigenvalue weighted by molar-refractivity contribution is -0.117. The lowest BCUT2D eigenvalue weighted by Crippen LogP contribution is -2.32. The first kappa shape index (κ1) is 16.3. The van der Waals surface area contributed by atoms with Gasteiger partial charge in [-0.3, -0.25) is 4.79 Å². The molecule has 0 radical (unpaired) electrons. The van der Waals surface area contributed by atoms with Crippen LogP contribution in [0.5, 0.6) is 0 Å². The van der Waals surface area contributed by atoms with Crippen molar-refractivity contribution in [2.45, 2.75) is 39.5 Å². The fourth-order valence-electron chi connectivity index (χ4n) is 2.13. The van der Waals surface area contributed by atoms with Crippen LogP contribution in [0.4, 0.5) is 16.2 Å². The highest BCUT2D eigenvalue weighted by atomic mass is 16.2. The van der Waals surface area contributed by atoms with E-state index in [9.17, 15) is 9.59 Å². The highest BCUT2D eigenvalue weighted by Crippen LogP contribution is 2.30. The van der Waals surface area contributed by atoms with Gasteiger partial charge in [-0.05, 0) is 43.9 Å². The number of aryl methyl sites for hydroxylation is 1. The highest BCUT2D eigenvalue weighted by Gasteiger charge is 2.29. The van der Waals surface area contributed by atoms with Gasteiger partial charge in [-0.15, -0.1) is 0 Å². The lowest BCUT2D eigenvalue weighted by Gasteiger charge is -2.19. The molecular formula is C17H25N3O2. The van der Waals surface area contributed by atoms with E-state index in [2.05, 4.69) is 17.6 Å². The number of hydrogen-bond donors (Lipinski definition) is 2. The number of anilines is 2. The van der Waals surface area contributed by atoms with Gasteiger partial charge in [-0.1, -0.05) is 19.4 Å². The summed E-state index contributed by atoms with van der Waals surface area (Å²) < 4.78 is 0. The first-order chi connectivity index (χ1) is 10.5. The molecule has 1 fully saturated rings. The molecule has 2 N–H and O–H groups in total. The van der Waals surface area contributed by atoms with Crippen LogP contribution in [0.1, 0.15) is 38.2 Å². The Balaban J connectivity index is 1.99. The maximum absolute atomic E-state index is 12.1. The van der Waals surface area contributed by atoms with Crippen LogP contribution in [0.25, 0.3) is 0 Å². The van der Waals surface area contributed by atoms with Gasteiger partial charge >= 0.3 is 6.03 Å². The zero-order valence-corrected chi connectivity index (χ0v) is 13.6. The van der Waals surface area contributed by atoms with Crippen molar-refractivity contribution in [3.63, 3.8) is 0 Å². The predicted octanol–water partition coefficient (Wildman–Crippen LogP) is 3.61. The molecule has 2 rings (SSSR count). The maximum atomic E-state index is 12.1. The highest BCUT2D eigenvalue weighted by molar-refractivity contribution is 5.96. The molecule has 1 aliphatic carbocycles. The van der Waals surface area contributed by atoms with Crippen molar-refractivity contribution in [3.05, 3.63) is 23.8 Å². The van der Waals surface area contributed by atoms with Crippen LogP contribution >= 0.6 is 0 Å². The number of nitrogens with one attached hydrogen (secondary N) is 2. The fourth-order valence-corrected chi connectivity index (χ4v) is 2.13. The third kappa shape index (κ3) is 4.48. The zero-order valence-electron chi connectivity index (χ0n) is 13.6. The van der Waals surface area contributed by atoms with Crippen molar-refractivity contribution >= 4 is 23.3 Å². The second kappa shape index (κ2) is 7.29. The zero-order chi connectivity index (χ0) is 16.1. The molecule has 0 atom stereocenters. The van der Waals surface area contributed by atoms with Gasteiger partial charge in [0.15, 0.2) is 0 Å². The third-order valence-corrected chi connectivity index (χ3v) is 3.89. The van der Waals surface area contributed by atoms with E-state index >= 15 is 0 Å². The van der Waals surface area contributed by atoms with E-state index < -0.39 is 0 Å². The average molecular weight is 303 g/mol. The summed E-state index contributed by atoms with van der Waals surface area (Å²) in [5, 5.41) is 5.82. The number of urea groups is 1. The van der Waals surface area contributed by atoms with E-state index in [4.69, 9.17) is 0 Å². The standard InChI is InChI=1S/C17H25N3O2/c1-4-5-10-20(3)17(22)19-15-11-14(9-6-12(15)2)18-16(21)13-7-8-13/h6,9,11,13H,4-5,7-8,10H2,1-3H3,(H,18,21)(H,19,22). The second-order valence-electron chi connectivity index (χ2n) is 6.00. The van der Waals surface area contributed by atoms with E-state index in [-0.39, 0.29) is 17.9 Å². The number of unbranched alkanes of at least 4 members (excludes halogenated alkanes) is 1. The molecule has 0 unspecified atom stereocenters. The molecule has 1 aliphatic rings. The number of rotatable bonds is 6. The predicted molar refractivity (Wildman–Crippen MR) is 89.1 cm³/mol. The number of carbonyl (C=O) groups is 2. The van der Waals surface area contributed by atoms with Gasteiger partial charge in [0.05, 0.1) is 0 Å². The Bertz CT molecular complexity index is 553. The van der Waals surface area contributed by atoms with E-state index in [1.807, 2.05) is 25.1 Å². The van der Waals surface area contributed by atoms with Crippen LogP contribution in [0.3, 0.4) is 0 Å². The molecule has 0 aromatic heterocycles. The fraction of sp³-hybridized carbons (Fsp3) is 0.529. The quantitative estimate of drug-likeness (QED) is 0.843. The molecule has 0 aliphatic heterocycles. The van der Waals surface area contributed by atoms with E-state index in [0.29, 0.717) is 0 Å². The Labute approximate surface area is 132 Å². The molecule has 1 aromatic rings. The Kier molecular flexibility index (Phi) is 5.41. The number of carbonyl (C=O) groups excluding carboxylic acids is 2. The van der Waals surface area contributed by atoms with E-state index in [1.165, 1.54) is 0 Å². The molecule has 0 spiro atoms. The Hall–Kier alpha value is -2.04. The minimum atomic E-state index is -0.123. The van der Waals surface area contributed by atoms with Gasteiger partial charge in [0.1, 0.15) is 0 Å². The summed E-state index contributed by atoms with van der Waals surface area (Å²) >= 11 is 0.